The van der Waals surface area contributed by atoms with Crippen LogP contribution in [0.3, 0.4) is 0 Å². The highest BCUT2D eigenvalue weighted by Crippen LogP contribution is 2.21. The van der Waals surface area contributed by atoms with Gasteiger partial charge >= 0.3 is 6.03 Å². The lowest BCUT2D eigenvalue weighted by molar-refractivity contribution is 0.250. The van der Waals surface area contributed by atoms with E-state index in [1.165, 1.54) is 0 Å². The molecule has 0 aliphatic rings. The number of carbonyl (C=O) groups excluding carboxylic acids is 1. The van der Waals surface area contributed by atoms with Gasteiger partial charge in [-0.05, 0) is 24.6 Å². The van der Waals surface area contributed by atoms with Gasteiger partial charge in [0.25, 0.3) is 0 Å². The van der Waals surface area contributed by atoms with E-state index in [-0.39, 0.29) is 12.6 Å². The van der Waals surface area contributed by atoms with Crippen molar-refractivity contribution in [1.29, 1.82) is 0 Å². The molecule has 3 rings (SSSR count). The highest BCUT2D eigenvalue weighted by atomic mass is 79.9. The minimum Gasteiger partial charge on any atom is -0.439 e. The molecule has 0 aliphatic heterocycles. The molecule has 2 N–H and O–H groups in total. The van der Waals surface area contributed by atoms with Crippen LogP contribution in [0.25, 0.3) is 11.3 Å². The average Bonchev–Trinajstić information content (AvgIpc) is 3.06. The fourth-order valence-electron chi connectivity index (χ4n) is 2.13. The maximum atomic E-state index is 12.0. The van der Waals surface area contributed by atoms with Gasteiger partial charge in [-0.3, -0.25) is 0 Å². The number of nitrogens with one attached hydrogen (secondary N) is 2. The smallest absolute Gasteiger partial charge is 0.319 e. The predicted molar refractivity (Wildman–Crippen MR) is 96.7 cm³/mol. The SMILES string of the molecule is Cc1ccc(NC(=O)NCc2ncc(-c3ccccc3)o2)cc1Br. The van der Waals surface area contributed by atoms with Crippen LogP contribution in [0.4, 0.5) is 10.5 Å². The van der Waals surface area contributed by atoms with Crippen LogP contribution in [0.2, 0.25) is 0 Å². The first-order chi connectivity index (χ1) is 11.6. The topological polar surface area (TPSA) is 67.2 Å². The number of hydrogen-bond donors (Lipinski definition) is 2. The maximum Gasteiger partial charge on any atom is 0.319 e. The van der Waals surface area contributed by atoms with Crippen molar-refractivity contribution in [3.63, 3.8) is 0 Å². The van der Waals surface area contributed by atoms with Crippen molar-refractivity contribution in [2.45, 2.75) is 13.5 Å². The molecule has 0 fully saturated rings. The monoisotopic (exact) mass is 385 g/mol. The Bertz CT molecular complexity index is 846. The number of nitrogens with zero attached hydrogens (tertiary/aromatic N) is 1. The van der Waals surface area contributed by atoms with Crippen molar-refractivity contribution in [1.82, 2.24) is 10.3 Å². The highest BCUT2D eigenvalue weighted by molar-refractivity contribution is 9.10. The minimum atomic E-state index is -0.315. The molecule has 0 saturated heterocycles. The van der Waals surface area contributed by atoms with Crippen LogP contribution >= 0.6 is 15.9 Å². The first-order valence-electron chi connectivity index (χ1n) is 7.43. The normalized spacial score (nSPS) is 10.4. The van der Waals surface area contributed by atoms with E-state index in [1.54, 1.807) is 6.20 Å². The van der Waals surface area contributed by atoms with Gasteiger partial charge in [0.15, 0.2) is 5.76 Å². The Balaban J connectivity index is 1.56. The number of aromatic nitrogens is 1. The standard InChI is InChI=1S/C18H16BrN3O2/c1-12-7-8-14(9-15(12)19)22-18(23)21-11-17-20-10-16(24-17)13-5-3-2-4-6-13/h2-10H,11H2,1H3,(H2,21,22,23). The summed E-state index contributed by atoms with van der Waals surface area (Å²) in [6.07, 6.45) is 1.65. The average molecular weight is 386 g/mol. The Morgan fingerprint density at radius 3 is 2.75 bits per heavy atom. The summed E-state index contributed by atoms with van der Waals surface area (Å²) < 4.78 is 6.59. The fraction of sp³-hybridized carbons (Fsp3) is 0.111. The summed E-state index contributed by atoms with van der Waals surface area (Å²) in [7, 11) is 0. The fourth-order valence-corrected chi connectivity index (χ4v) is 2.51. The van der Waals surface area contributed by atoms with Crippen molar-refractivity contribution in [2.75, 3.05) is 5.32 Å². The molecule has 0 atom stereocenters. The third-order valence-corrected chi connectivity index (χ3v) is 4.30. The van der Waals surface area contributed by atoms with Gasteiger partial charge in [0, 0.05) is 15.7 Å². The number of aryl methyl sites for hydroxylation is 1. The van der Waals surface area contributed by atoms with Gasteiger partial charge in [-0.25, -0.2) is 9.78 Å². The van der Waals surface area contributed by atoms with E-state index in [9.17, 15) is 4.79 Å². The first kappa shape index (κ1) is 16.3. The van der Waals surface area contributed by atoms with Gasteiger partial charge in [-0.15, -0.1) is 0 Å². The third kappa shape index (κ3) is 4.02. The second-order valence-corrected chi connectivity index (χ2v) is 6.11. The van der Waals surface area contributed by atoms with Crippen molar-refractivity contribution in [3.05, 3.63) is 70.7 Å². The van der Waals surface area contributed by atoms with Gasteiger partial charge in [0.1, 0.15) is 0 Å². The molecule has 122 valence electrons. The summed E-state index contributed by atoms with van der Waals surface area (Å²) in [5, 5.41) is 5.49. The summed E-state index contributed by atoms with van der Waals surface area (Å²) >= 11 is 3.44. The number of hydrogen-bond acceptors (Lipinski definition) is 3. The van der Waals surface area contributed by atoms with Crippen molar-refractivity contribution < 1.29 is 9.21 Å². The molecule has 0 spiro atoms. The number of amides is 2. The van der Waals surface area contributed by atoms with Gasteiger partial charge < -0.3 is 15.1 Å². The molecule has 1 aromatic heterocycles. The summed E-state index contributed by atoms with van der Waals surface area (Å²) in [4.78, 5) is 16.1. The molecule has 0 aliphatic carbocycles. The zero-order chi connectivity index (χ0) is 16.9. The lowest BCUT2D eigenvalue weighted by Gasteiger charge is -2.07. The Morgan fingerprint density at radius 2 is 2.00 bits per heavy atom. The lowest BCUT2D eigenvalue weighted by atomic mass is 10.2. The Kier molecular flexibility index (Phi) is 4.96. The Hall–Kier alpha value is -2.60. The minimum absolute atomic E-state index is 0.214. The number of rotatable bonds is 4. The van der Waals surface area contributed by atoms with Crippen LogP contribution in [0, 0.1) is 6.92 Å². The second kappa shape index (κ2) is 7.31. The molecule has 3 aromatic rings. The number of halogens is 1. The molecular formula is C18H16BrN3O2. The van der Waals surface area contributed by atoms with E-state index in [1.807, 2.05) is 55.5 Å². The van der Waals surface area contributed by atoms with Crippen LogP contribution in [0.15, 0.2) is 63.6 Å². The first-order valence-corrected chi connectivity index (χ1v) is 8.22. The molecule has 0 saturated carbocycles. The zero-order valence-electron chi connectivity index (χ0n) is 13.0. The van der Waals surface area contributed by atoms with Crippen LogP contribution < -0.4 is 10.6 Å². The van der Waals surface area contributed by atoms with Crippen molar-refractivity contribution in [3.8, 4) is 11.3 Å². The summed E-state index contributed by atoms with van der Waals surface area (Å²) in [6.45, 7) is 2.20. The molecular weight excluding hydrogens is 370 g/mol. The molecule has 0 radical (unpaired) electrons. The van der Waals surface area contributed by atoms with Gasteiger partial charge in [0.2, 0.25) is 5.89 Å². The van der Waals surface area contributed by atoms with Crippen LogP contribution in [0.5, 0.6) is 0 Å². The number of benzene rings is 2. The van der Waals surface area contributed by atoms with Crippen LogP contribution in [0.1, 0.15) is 11.5 Å². The number of oxazole rings is 1. The highest BCUT2D eigenvalue weighted by Gasteiger charge is 2.08. The van der Waals surface area contributed by atoms with Gasteiger partial charge in [-0.2, -0.15) is 0 Å². The summed E-state index contributed by atoms with van der Waals surface area (Å²) in [6, 6.07) is 15.0. The second-order valence-electron chi connectivity index (χ2n) is 5.26. The van der Waals surface area contributed by atoms with E-state index in [0.717, 1.165) is 15.6 Å². The summed E-state index contributed by atoms with van der Waals surface area (Å²) in [5.74, 6) is 1.13. The largest absolute Gasteiger partial charge is 0.439 e. The van der Waals surface area contributed by atoms with Crippen molar-refractivity contribution in [2.24, 2.45) is 0 Å². The van der Waals surface area contributed by atoms with E-state index in [0.29, 0.717) is 17.3 Å². The zero-order valence-corrected chi connectivity index (χ0v) is 14.6. The van der Waals surface area contributed by atoms with Gasteiger partial charge in [-0.1, -0.05) is 52.3 Å². The molecule has 2 amide bonds. The van der Waals surface area contributed by atoms with Crippen LogP contribution in [-0.4, -0.2) is 11.0 Å². The Labute approximate surface area is 148 Å². The van der Waals surface area contributed by atoms with E-state index in [2.05, 4.69) is 31.5 Å². The molecule has 1 heterocycles. The number of urea groups is 1. The molecule has 0 bridgehead atoms. The predicted octanol–water partition coefficient (Wildman–Crippen LogP) is 4.73. The van der Waals surface area contributed by atoms with E-state index >= 15 is 0 Å². The molecule has 2 aromatic carbocycles. The molecule has 5 nitrogen and oxygen atoms in total. The number of carbonyl (C=O) groups is 1. The third-order valence-electron chi connectivity index (χ3n) is 3.44. The van der Waals surface area contributed by atoms with E-state index in [4.69, 9.17) is 4.42 Å². The quantitative estimate of drug-likeness (QED) is 0.681. The molecule has 0 unspecified atom stereocenters. The lowest BCUT2D eigenvalue weighted by Crippen LogP contribution is -2.28. The number of anilines is 1. The Morgan fingerprint density at radius 1 is 1.21 bits per heavy atom. The van der Waals surface area contributed by atoms with Gasteiger partial charge in [0.05, 0.1) is 12.7 Å². The van der Waals surface area contributed by atoms with Crippen molar-refractivity contribution >= 4 is 27.6 Å². The van der Waals surface area contributed by atoms with Crippen LogP contribution in [-0.2, 0) is 6.54 Å². The van der Waals surface area contributed by atoms with E-state index < -0.39 is 0 Å². The molecule has 6 heteroatoms. The summed E-state index contributed by atoms with van der Waals surface area (Å²) in [5.41, 5.74) is 2.77. The maximum absolute atomic E-state index is 12.0. The molecule has 24 heavy (non-hydrogen) atoms.